The average molecular weight is 432 g/mol. The highest BCUT2D eigenvalue weighted by Crippen LogP contribution is 2.41. The molecule has 1 heterocycles. The van der Waals surface area contributed by atoms with Crippen LogP contribution in [0.2, 0.25) is 0 Å². The number of carbonyl (C=O) groups excluding carboxylic acids is 1. The van der Waals surface area contributed by atoms with Gasteiger partial charge >= 0.3 is 5.97 Å². The van der Waals surface area contributed by atoms with E-state index in [4.69, 9.17) is 28.4 Å². The Hall–Kier alpha value is -3.29. The summed E-state index contributed by atoms with van der Waals surface area (Å²) in [5.41, 5.74) is 1.76. The number of phenolic OH excluding ortho intramolecular Hbond substituents is 1. The van der Waals surface area contributed by atoms with Gasteiger partial charge in [-0.3, -0.25) is 4.79 Å². The number of methoxy groups -OCH3 is 5. The molecule has 2 atom stereocenters. The molecule has 1 aliphatic rings. The van der Waals surface area contributed by atoms with E-state index in [0.717, 1.165) is 11.1 Å². The number of cyclic esters (lactones) is 1. The quantitative estimate of drug-likeness (QED) is 0.605. The lowest BCUT2D eigenvalue weighted by Gasteiger charge is -2.19. The van der Waals surface area contributed by atoms with Gasteiger partial charge in [0.2, 0.25) is 11.5 Å². The number of benzene rings is 2. The van der Waals surface area contributed by atoms with Gasteiger partial charge in [-0.1, -0.05) is 0 Å². The normalized spacial score (nSPS) is 17.8. The van der Waals surface area contributed by atoms with E-state index < -0.39 is 0 Å². The first kappa shape index (κ1) is 22.4. The van der Waals surface area contributed by atoms with Gasteiger partial charge in [0.05, 0.1) is 48.1 Å². The molecule has 2 aromatic rings. The van der Waals surface area contributed by atoms with Crippen molar-refractivity contribution in [3.05, 3.63) is 35.4 Å². The largest absolute Gasteiger partial charge is 0.502 e. The fourth-order valence-electron chi connectivity index (χ4n) is 3.93. The molecule has 0 amide bonds. The molecule has 0 spiro atoms. The molecule has 0 aromatic heterocycles. The highest BCUT2D eigenvalue weighted by atomic mass is 16.5. The molecular weight excluding hydrogens is 404 g/mol. The van der Waals surface area contributed by atoms with E-state index in [1.165, 1.54) is 14.2 Å². The van der Waals surface area contributed by atoms with E-state index in [1.807, 2.05) is 12.1 Å². The summed E-state index contributed by atoms with van der Waals surface area (Å²) >= 11 is 0. The van der Waals surface area contributed by atoms with Gasteiger partial charge in [0.25, 0.3) is 0 Å². The van der Waals surface area contributed by atoms with Crippen LogP contribution >= 0.6 is 0 Å². The SMILES string of the molecule is COc1cc(CC2COC(=O)C2Cc2cc(OC)c(OC)c(OC)c2)cc(OC)c1O. The Kier molecular flexibility index (Phi) is 6.99. The Morgan fingerprint density at radius 3 is 1.77 bits per heavy atom. The third kappa shape index (κ3) is 4.57. The highest BCUT2D eigenvalue weighted by Gasteiger charge is 2.37. The molecule has 1 fully saturated rings. The first-order valence-electron chi connectivity index (χ1n) is 9.85. The number of ether oxygens (including phenoxy) is 6. The van der Waals surface area contributed by atoms with Crippen LogP contribution in [-0.4, -0.2) is 53.2 Å². The zero-order chi connectivity index (χ0) is 22.5. The minimum Gasteiger partial charge on any atom is -0.502 e. The molecule has 1 N–H and O–H groups in total. The fraction of sp³-hybridized carbons (Fsp3) is 0.435. The Morgan fingerprint density at radius 2 is 1.29 bits per heavy atom. The number of aromatic hydroxyl groups is 1. The molecule has 0 aliphatic carbocycles. The fourth-order valence-corrected chi connectivity index (χ4v) is 3.93. The van der Waals surface area contributed by atoms with Crippen molar-refractivity contribution < 1.29 is 38.3 Å². The van der Waals surface area contributed by atoms with Crippen molar-refractivity contribution in [3.8, 4) is 34.5 Å². The van der Waals surface area contributed by atoms with Gasteiger partial charge < -0.3 is 33.5 Å². The van der Waals surface area contributed by atoms with Crippen LogP contribution in [0.3, 0.4) is 0 Å². The molecule has 8 nitrogen and oxygen atoms in total. The van der Waals surface area contributed by atoms with Gasteiger partial charge in [0, 0.05) is 5.92 Å². The number of rotatable bonds is 9. The van der Waals surface area contributed by atoms with Gasteiger partial charge in [-0.15, -0.1) is 0 Å². The lowest BCUT2D eigenvalue weighted by Crippen LogP contribution is -2.21. The standard InChI is InChI=1S/C23H28O8/c1-26-17-8-13(9-18(27-2)21(17)24)6-15-12-31-23(25)16(15)7-14-10-19(28-3)22(30-5)20(11-14)29-4/h8-11,15-16,24H,6-7,12H2,1-5H3. The summed E-state index contributed by atoms with van der Waals surface area (Å²) in [6.07, 6.45) is 1.03. The van der Waals surface area contributed by atoms with Gasteiger partial charge in [-0.25, -0.2) is 0 Å². The minimum absolute atomic E-state index is 0.0504. The predicted molar refractivity (Wildman–Crippen MR) is 113 cm³/mol. The van der Waals surface area contributed by atoms with Crippen molar-refractivity contribution in [2.75, 3.05) is 42.2 Å². The maximum absolute atomic E-state index is 12.5. The molecule has 8 heteroatoms. The third-order valence-corrected chi connectivity index (χ3v) is 5.53. The second-order valence-corrected chi connectivity index (χ2v) is 7.29. The van der Waals surface area contributed by atoms with Crippen LogP contribution in [0.1, 0.15) is 11.1 Å². The van der Waals surface area contributed by atoms with Crippen LogP contribution in [0.4, 0.5) is 0 Å². The molecule has 1 aliphatic heterocycles. The van der Waals surface area contributed by atoms with Crippen LogP contribution < -0.4 is 23.7 Å². The van der Waals surface area contributed by atoms with Crippen molar-refractivity contribution in [2.45, 2.75) is 12.8 Å². The van der Waals surface area contributed by atoms with Crippen LogP contribution in [0.5, 0.6) is 34.5 Å². The molecule has 0 bridgehead atoms. The molecule has 2 aromatic carbocycles. The monoisotopic (exact) mass is 432 g/mol. The van der Waals surface area contributed by atoms with E-state index in [-0.39, 0.29) is 23.6 Å². The number of hydrogen-bond acceptors (Lipinski definition) is 8. The van der Waals surface area contributed by atoms with E-state index >= 15 is 0 Å². The summed E-state index contributed by atoms with van der Waals surface area (Å²) in [4.78, 5) is 12.5. The number of esters is 1. The predicted octanol–water partition coefficient (Wildman–Crippen LogP) is 3.01. The summed E-state index contributed by atoms with van der Waals surface area (Å²) < 4.78 is 32.1. The molecule has 0 saturated carbocycles. The zero-order valence-corrected chi connectivity index (χ0v) is 18.4. The van der Waals surface area contributed by atoms with Gasteiger partial charge in [-0.2, -0.15) is 0 Å². The number of hydrogen-bond donors (Lipinski definition) is 1. The average Bonchev–Trinajstić information content (AvgIpc) is 3.12. The Labute approximate surface area is 181 Å². The van der Waals surface area contributed by atoms with E-state index in [0.29, 0.717) is 48.2 Å². The highest BCUT2D eigenvalue weighted by molar-refractivity contribution is 5.75. The van der Waals surface area contributed by atoms with Crippen LogP contribution in [0, 0.1) is 11.8 Å². The van der Waals surface area contributed by atoms with Crippen LogP contribution in [0.25, 0.3) is 0 Å². The number of phenols is 1. The van der Waals surface area contributed by atoms with Gasteiger partial charge in [0.15, 0.2) is 23.0 Å². The summed E-state index contributed by atoms with van der Waals surface area (Å²) in [5.74, 6) is 1.53. The topological polar surface area (TPSA) is 92.7 Å². The molecule has 1 saturated heterocycles. The summed E-state index contributed by atoms with van der Waals surface area (Å²) in [5, 5.41) is 10.1. The Morgan fingerprint density at radius 1 is 0.806 bits per heavy atom. The maximum Gasteiger partial charge on any atom is 0.309 e. The lowest BCUT2D eigenvalue weighted by atomic mass is 9.84. The Bertz CT molecular complexity index is 889. The minimum atomic E-state index is -0.339. The molecule has 31 heavy (non-hydrogen) atoms. The maximum atomic E-state index is 12.5. The first-order valence-corrected chi connectivity index (χ1v) is 9.85. The molecule has 0 radical (unpaired) electrons. The Balaban J connectivity index is 1.86. The van der Waals surface area contributed by atoms with Crippen molar-refractivity contribution in [3.63, 3.8) is 0 Å². The van der Waals surface area contributed by atoms with Crippen LogP contribution in [-0.2, 0) is 22.4 Å². The van der Waals surface area contributed by atoms with Gasteiger partial charge in [-0.05, 0) is 48.2 Å². The lowest BCUT2D eigenvalue weighted by molar-refractivity contribution is -0.141. The first-order chi connectivity index (χ1) is 14.9. The summed E-state index contributed by atoms with van der Waals surface area (Å²) in [6.45, 7) is 0.319. The van der Waals surface area contributed by atoms with Gasteiger partial charge in [0.1, 0.15) is 0 Å². The van der Waals surface area contributed by atoms with E-state index in [2.05, 4.69) is 0 Å². The van der Waals surface area contributed by atoms with Crippen LogP contribution in [0.15, 0.2) is 24.3 Å². The molecular formula is C23H28O8. The van der Waals surface area contributed by atoms with E-state index in [9.17, 15) is 9.90 Å². The molecule has 3 rings (SSSR count). The smallest absolute Gasteiger partial charge is 0.309 e. The van der Waals surface area contributed by atoms with Crippen molar-refractivity contribution in [1.29, 1.82) is 0 Å². The molecule has 2 unspecified atom stereocenters. The summed E-state index contributed by atoms with van der Waals surface area (Å²) in [6, 6.07) is 7.18. The molecule has 168 valence electrons. The van der Waals surface area contributed by atoms with Crippen molar-refractivity contribution in [2.24, 2.45) is 11.8 Å². The zero-order valence-electron chi connectivity index (χ0n) is 18.4. The second-order valence-electron chi connectivity index (χ2n) is 7.29. The second kappa shape index (κ2) is 9.68. The number of carbonyl (C=O) groups is 1. The van der Waals surface area contributed by atoms with Crippen molar-refractivity contribution in [1.82, 2.24) is 0 Å². The summed E-state index contributed by atoms with van der Waals surface area (Å²) in [7, 11) is 7.62. The third-order valence-electron chi connectivity index (χ3n) is 5.53. The van der Waals surface area contributed by atoms with Crippen molar-refractivity contribution >= 4 is 5.97 Å². The van der Waals surface area contributed by atoms with E-state index in [1.54, 1.807) is 33.5 Å².